The zero-order valence-electron chi connectivity index (χ0n) is 11.6. The lowest BCUT2D eigenvalue weighted by atomic mass is 10.0. The van der Waals surface area contributed by atoms with E-state index in [4.69, 9.17) is 0 Å². The van der Waals surface area contributed by atoms with Crippen LogP contribution >= 0.6 is 0 Å². The predicted molar refractivity (Wildman–Crippen MR) is 81.9 cm³/mol. The maximum absolute atomic E-state index is 12.1. The van der Waals surface area contributed by atoms with Crippen LogP contribution in [0.4, 0.5) is 0 Å². The van der Waals surface area contributed by atoms with Crippen molar-refractivity contribution in [3.63, 3.8) is 0 Å². The van der Waals surface area contributed by atoms with Gasteiger partial charge >= 0.3 is 0 Å². The standard InChI is InChI=1S/C17H20N2O/c20-17(19-10-8-13-7-9-18-12-13)16-6-5-14-3-1-2-4-15(14)11-16/h1-6,11,13,18H,7-10,12H2,(H,19,20). The van der Waals surface area contributed by atoms with Crippen molar-refractivity contribution >= 4 is 16.7 Å². The van der Waals surface area contributed by atoms with Crippen LogP contribution in [0.15, 0.2) is 42.5 Å². The molecule has 3 nitrogen and oxygen atoms in total. The zero-order chi connectivity index (χ0) is 13.8. The van der Waals surface area contributed by atoms with Crippen LogP contribution in [0.25, 0.3) is 10.8 Å². The van der Waals surface area contributed by atoms with Crippen molar-refractivity contribution < 1.29 is 4.79 Å². The van der Waals surface area contributed by atoms with Crippen LogP contribution in [-0.2, 0) is 0 Å². The van der Waals surface area contributed by atoms with Crippen LogP contribution in [0.3, 0.4) is 0 Å². The highest BCUT2D eigenvalue weighted by Gasteiger charge is 2.14. The molecule has 0 saturated carbocycles. The Morgan fingerprint density at radius 2 is 2.05 bits per heavy atom. The first kappa shape index (κ1) is 13.1. The van der Waals surface area contributed by atoms with E-state index in [0.29, 0.717) is 5.92 Å². The normalized spacial score (nSPS) is 18.3. The van der Waals surface area contributed by atoms with Crippen molar-refractivity contribution in [2.24, 2.45) is 5.92 Å². The molecule has 1 unspecified atom stereocenters. The number of amides is 1. The fourth-order valence-corrected chi connectivity index (χ4v) is 2.78. The third kappa shape index (κ3) is 2.99. The SMILES string of the molecule is O=C(NCCC1CCNC1)c1ccc2ccccc2c1. The van der Waals surface area contributed by atoms with Gasteiger partial charge in [-0.1, -0.05) is 30.3 Å². The summed E-state index contributed by atoms with van der Waals surface area (Å²) < 4.78 is 0. The first-order valence-corrected chi connectivity index (χ1v) is 7.30. The first-order chi connectivity index (χ1) is 9.83. The Labute approximate surface area is 119 Å². The van der Waals surface area contributed by atoms with E-state index in [1.807, 2.05) is 36.4 Å². The zero-order valence-corrected chi connectivity index (χ0v) is 11.6. The highest BCUT2D eigenvalue weighted by molar-refractivity contribution is 5.98. The number of benzene rings is 2. The molecule has 2 aromatic rings. The highest BCUT2D eigenvalue weighted by atomic mass is 16.1. The van der Waals surface area contributed by atoms with Crippen LogP contribution in [0, 0.1) is 5.92 Å². The van der Waals surface area contributed by atoms with Crippen molar-refractivity contribution in [2.45, 2.75) is 12.8 Å². The van der Waals surface area contributed by atoms with Crippen LogP contribution in [0.1, 0.15) is 23.2 Å². The van der Waals surface area contributed by atoms with Crippen LogP contribution in [0.5, 0.6) is 0 Å². The molecular formula is C17H20N2O. The van der Waals surface area contributed by atoms with Crippen molar-refractivity contribution in [1.82, 2.24) is 10.6 Å². The fraction of sp³-hybridized carbons (Fsp3) is 0.353. The van der Waals surface area contributed by atoms with Gasteiger partial charge in [-0.15, -0.1) is 0 Å². The van der Waals surface area contributed by atoms with Crippen LogP contribution < -0.4 is 10.6 Å². The topological polar surface area (TPSA) is 41.1 Å². The minimum atomic E-state index is 0.0294. The molecule has 1 amide bonds. The van der Waals surface area contributed by atoms with Gasteiger partial charge in [0.25, 0.3) is 5.91 Å². The largest absolute Gasteiger partial charge is 0.352 e. The number of nitrogens with one attached hydrogen (secondary N) is 2. The molecule has 0 aliphatic carbocycles. The van der Waals surface area contributed by atoms with Gasteiger partial charge in [-0.2, -0.15) is 0 Å². The Bertz CT molecular complexity index is 603. The van der Waals surface area contributed by atoms with Gasteiger partial charge in [0.1, 0.15) is 0 Å². The molecule has 0 aromatic heterocycles. The first-order valence-electron chi connectivity index (χ1n) is 7.30. The van der Waals surface area contributed by atoms with Crippen molar-refractivity contribution in [2.75, 3.05) is 19.6 Å². The minimum Gasteiger partial charge on any atom is -0.352 e. The molecule has 1 aliphatic heterocycles. The third-order valence-electron chi connectivity index (χ3n) is 4.01. The van der Waals surface area contributed by atoms with E-state index in [9.17, 15) is 4.79 Å². The molecule has 1 aliphatic rings. The Hall–Kier alpha value is -1.87. The molecule has 1 atom stereocenters. The van der Waals surface area contributed by atoms with Gasteiger partial charge in [0, 0.05) is 12.1 Å². The molecule has 2 aromatic carbocycles. The molecule has 2 N–H and O–H groups in total. The lowest BCUT2D eigenvalue weighted by Crippen LogP contribution is -2.26. The van der Waals surface area contributed by atoms with Crippen molar-refractivity contribution in [1.29, 1.82) is 0 Å². The minimum absolute atomic E-state index is 0.0294. The highest BCUT2D eigenvalue weighted by Crippen LogP contribution is 2.16. The van der Waals surface area contributed by atoms with Crippen molar-refractivity contribution in [3.05, 3.63) is 48.0 Å². The molecule has 20 heavy (non-hydrogen) atoms. The summed E-state index contributed by atoms with van der Waals surface area (Å²) in [6.45, 7) is 2.97. The molecule has 1 heterocycles. The van der Waals surface area contributed by atoms with E-state index in [1.54, 1.807) is 0 Å². The molecule has 0 radical (unpaired) electrons. The van der Waals surface area contributed by atoms with E-state index in [1.165, 1.54) is 11.8 Å². The summed E-state index contributed by atoms with van der Waals surface area (Å²) in [6.07, 6.45) is 2.29. The second-order valence-electron chi connectivity index (χ2n) is 5.47. The quantitative estimate of drug-likeness (QED) is 0.895. The third-order valence-corrected chi connectivity index (χ3v) is 4.01. The average molecular weight is 268 g/mol. The van der Waals surface area contributed by atoms with Crippen LogP contribution in [0.2, 0.25) is 0 Å². The van der Waals surface area contributed by atoms with E-state index in [0.717, 1.165) is 37.0 Å². The number of carbonyl (C=O) groups is 1. The fourth-order valence-electron chi connectivity index (χ4n) is 2.78. The van der Waals surface area contributed by atoms with E-state index < -0.39 is 0 Å². The number of rotatable bonds is 4. The van der Waals surface area contributed by atoms with Crippen LogP contribution in [-0.4, -0.2) is 25.5 Å². The number of fused-ring (bicyclic) bond motifs is 1. The van der Waals surface area contributed by atoms with Gasteiger partial charge in [0.2, 0.25) is 0 Å². The van der Waals surface area contributed by atoms with Gasteiger partial charge in [0.15, 0.2) is 0 Å². The van der Waals surface area contributed by atoms with Gasteiger partial charge in [-0.05, 0) is 54.8 Å². The summed E-state index contributed by atoms with van der Waals surface area (Å²) in [4.78, 5) is 12.1. The summed E-state index contributed by atoms with van der Waals surface area (Å²) in [5, 5.41) is 8.65. The lowest BCUT2D eigenvalue weighted by Gasteiger charge is -2.09. The lowest BCUT2D eigenvalue weighted by molar-refractivity contribution is 0.0952. The number of hydrogen-bond acceptors (Lipinski definition) is 2. The molecule has 0 bridgehead atoms. The summed E-state index contributed by atoms with van der Waals surface area (Å²) in [5.41, 5.74) is 0.744. The molecule has 104 valence electrons. The summed E-state index contributed by atoms with van der Waals surface area (Å²) in [6, 6.07) is 14.0. The maximum atomic E-state index is 12.1. The molecule has 1 saturated heterocycles. The van der Waals surface area contributed by atoms with Gasteiger partial charge in [-0.3, -0.25) is 4.79 Å². The van der Waals surface area contributed by atoms with Crippen molar-refractivity contribution in [3.8, 4) is 0 Å². The molecular weight excluding hydrogens is 248 g/mol. The van der Waals surface area contributed by atoms with Gasteiger partial charge in [0.05, 0.1) is 0 Å². The summed E-state index contributed by atoms with van der Waals surface area (Å²) in [5.74, 6) is 0.744. The van der Waals surface area contributed by atoms with Gasteiger partial charge < -0.3 is 10.6 Å². The number of hydrogen-bond donors (Lipinski definition) is 2. The van der Waals surface area contributed by atoms with E-state index in [2.05, 4.69) is 16.7 Å². The van der Waals surface area contributed by atoms with Gasteiger partial charge in [-0.25, -0.2) is 0 Å². The molecule has 0 spiro atoms. The Kier molecular flexibility index (Phi) is 3.97. The Morgan fingerprint density at radius 3 is 2.85 bits per heavy atom. The Balaban J connectivity index is 1.60. The second kappa shape index (κ2) is 6.06. The second-order valence-corrected chi connectivity index (χ2v) is 5.47. The predicted octanol–water partition coefficient (Wildman–Crippen LogP) is 2.57. The molecule has 3 rings (SSSR count). The smallest absolute Gasteiger partial charge is 0.251 e. The molecule has 3 heteroatoms. The maximum Gasteiger partial charge on any atom is 0.251 e. The van der Waals surface area contributed by atoms with E-state index >= 15 is 0 Å². The monoisotopic (exact) mass is 268 g/mol. The average Bonchev–Trinajstić information content (AvgIpc) is 3.00. The number of carbonyl (C=O) groups excluding carboxylic acids is 1. The summed E-state index contributed by atoms with van der Waals surface area (Å²) in [7, 11) is 0. The van der Waals surface area contributed by atoms with E-state index in [-0.39, 0.29) is 5.91 Å². The summed E-state index contributed by atoms with van der Waals surface area (Å²) >= 11 is 0. The molecule has 1 fully saturated rings. The Morgan fingerprint density at radius 1 is 1.20 bits per heavy atom.